The minimum atomic E-state index is -4.41. The Hall–Kier alpha value is -0.380. The van der Waals surface area contributed by atoms with Gasteiger partial charge in [-0.25, -0.2) is 0 Å². The Morgan fingerprint density at radius 1 is 1.00 bits per heavy atom. The number of hydrogen-bond donors (Lipinski definition) is 2. The van der Waals surface area contributed by atoms with Crippen molar-refractivity contribution in [3.63, 3.8) is 0 Å². The van der Waals surface area contributed by atoms with E-state index in [1.807, 2.05) is 0 Å². The molecule has 0 aliphatic rings. The van der Waals surface area contributed by atoms with Crippen molar-refractivity contribution >= 4 is 13.6 Å². The summed E-state index contributed by atoms with van der Waals surface area (Å²) in [5, 5.41) is 0. The number of unbranched alkanes of at least 4 members (excludes halogenated alkanes) is 7. The molecule has 0 aromatic rings. The molecule has 0 spiro atoms. The van der Waals surface area contributed by atoms with Crippen molar-refractivity contribution in [2.45, 2.75) is 77.3 Å². The molecule has 1 atom stereocenters. The predicted octanol–water partition coefficient (Wildman–Crippen LogP) is 3.63. The van der Waals surface area contributed by atoms with Crippen LogP contribution in [0.4, 0.5) is 0 Å². The zero-order chi connectivity index (χ0) is 15.4. The smallest absolute Gasteiger partial charge is 0.339 e. The van der Waals surface area contributed by atoms with Gasteiger partial charge in [0.05, 0.1) is 6.61 Å². The molecule has 1 unspecified atom stereocenters. The zero-order valence-corrected chi connectivity index (χ0v) is 13.6. The second-order valence-electron chi connectivity index (χ2n) is 5.12. The molecule has 0 aliphatic carbocycles. The summed E-state index contributed by atoms with van der Waals surface area (Å²) < 4.78 is 16.0. The second-order valence-corrected chi connectivity index (χ2v) is 6.92. The fourth-order valence-corrected chi connectivity index (χ4v) is 3.00. The molecule has 0 saturated carbocycles. The van der Waals surface area contributed by atoms with E-state index < -0.39 is 19.2 Å². The van der Waals surface area contributed by atoms with Crippen LogP contribution in [0.3, 0.4) is 0 Å². The fourth-order valence-electron chi connectivity index (χ4n) is 2.13. The molecule has 0 rings (SSSR count). The lowest BCUT2D eigenvalue weighted by Gasteiger charge is -2.16. The highest BCUT2D eigenvalue weighted by molar-refractivity contribution is 7.53. The van der Waals surface area contributed by atoms with Crippen LogP contribution in [0, 0.1) is 0 Å². The summed E-state index contributed by atoms with van der Waals surface area (Å²) in [6.07, 6.45) is 8.94. The Labute approximate surface area is 122 Å². The first-order valence-corrected chi connectivity index (χ1v) is 9.33. The monoisotopic (exact) mass is 308 g/mol. The van der Waals surface area contributed by atoms with Gasteiger partial charge in [-0.3, -0.25) is 9.36 Å². The molecule has 120 valence electrons. The van der Waals surface area contributed by atoms with Gasteiger partial charge < -0.3 is 14.5 Å². The van der Waals surface area contributed by atoms with E-state index in [1.165, 1.54) is 25.7 Å². The van der Waals surface area contributed by atoms with Gasteiger partial charge in [0, 0.05) is 0 Å². The third-order valence-corrected chi connectivity index (χ3v) is 4.58. The molecule has 0 saturated heterocycles. The van der Waals surface area contributed by atoms with Gasteiger partial charge in [-0.05, 0) is 13.3 Å². The predicted molar refractivity (Wildman–Crippen MR) is 79.7 cm³/mol. The summed E-state index contributed by atoms with van der Waals surface area (Å²) in [6, 6.07) is 0. The topological polar surface area (TPSA) is 83.8 Å². The van der Waals surface area contributed by atoms with Crippen LogP contribution < -0.4 is 0 Å². The van der Waals surface area contributed by atoms with E-state index in [9.17, 15) is 19.1 Å². The SMILES string of the molecule is CCCCCCCCCCC(C(=O)OCC)P(=O)(O)O. The van der Waals surface area contributed by atoms with Gasteiger partial charge in [-0.1, -0.05) is 58.3 Å². The first-order valence-electron chi connectivity index (χ1n) is 7.65. The summed E-state index contributed by atoms with van der Waals surface area (Å²) in [4.78, 5) is 29.9. The van der Waals surface area contributed by atoms with Crippen molar-refractivity contribution in [2.24, 2.45) is 0 Å². The number of carbonyl (C=O) groups is 1. The van der Waals surface area contributed by atoms with E-state index in [1.54, 1.807) is 6.92 Å². The molecule has 0 fully saturated rings. The molecule has 0 aliphatic heterocycles. The molecule has 0 amide bonds. The van der Waals surface area contributed by atoms with E-state index in [4.69, 9.17) is 4.74 Å². The van der Waals surface area contributed by atoms with Gasteiger partial charge in [0.15, 0.2) is 5.66 Å². The van der Waals surface area contributed by atoms with Gasteiger partial charge >= 0.3 is 13.6 Å². The maximum atomic E-state index is 11.5. The summed E-state index contributed by atoms with van der Waals surface area (Å²) >= 11 is 0. The summed E-state index contributed by atoms with van der Waals surface area (Å²) in [7, 11) is -4.41. The van der Waals surface area contributed by atoms with Crippen LogP contribution in [-0.2, 0) is 14.1 Å². The standard InChI is InChI=1S/C14H29O5P/c1-3-5-6-7-8-9-10-11-12-13(20(16,17)18)14(15)19-4-2/h13H,3-12H2,1-2H3,(H2,16,17,18). The highest BCUT2D eigenvalue weighted by Gasteiger charge is 2.36. The molecule has 0 aromatic carbocycles. The third kappa shape index (κ3) is 9.51. The molecule has 6 heteroatoms. The fraction of sp³-hybridized carbons (Fsp3) is 0.929. The average Bonchev–Trinajstić information content (AvgIpc) is 2.35. The van der Waals surface area contributed by atoms with E-state index in [0.717, 1.165) is 19.3 Å². The number of carbonyl (C=O) groups excluding carboxylic acids is 1. The molecular formula is C14H29O5P. The van der Waals surface area contributed by atoms with Crippen LogP contribution in [0.1, 0.15) is 71.6 Å². The second kappa shape index (κ2) is 11.3. The van der Waals surface area contributed by atoms with Crippen molar-refractivity contribution in [1.29, 1.82) is 0 Å². The lowest BCUT2D eigenvalue weighted by atomic mass is 10.1. The molecule has 0 heterocycles. The van der Waals surface area contributed by atoms with Gasteiger partial charge in [-0.15, -0.1) is 0 Å². The number of rotatable bonds is 12. The van der Waals surface area contributed by atoms with Gasteiger partial charge in [-0.2, -0.15) is 0 Å². The van der Waals surface area contributed by atoms with Crippen LogP contribution in [0.5, 0.6) is 0 Å². The highest BCUT2D eigenvalue weighted by atomic mass is 31.2. The molecule has 20 heavy (non-hydrogen) atoms. The van der Waals surface area contributed by atoms with Crippen LogP contribution in [-0.4, -0.2) is 28.0 Å². The quantitative estimate of drug-likeness (QED) is 0.327. The average molecular weight is 308 g/mol. The molecule has 0 bridgehead atoms. The molecule has 0 radical (unpaired) electrons. The van der Waals surface area contributed by atoms with Crippen LogP contribution in [0.2, 0.25) is 0 Å². The minimum absolute atomic E-state index is 0.146. The summed E-state index contributed by atoms with van der Waals surface area (Å²) in [5.74, 6) is -0.774. The molecular weight excluding hydrogens is 279 g/mol. The van der Waals surface area contributed by atoms with Crippen LogP contribution >= 0.6 is 7.60 Å². The maximum Gasteiger partial charge on any atom is 0.339 e. The van der Waals surface area contributed by atoms with Crippen molar-refractivity contribution in [3.8, 4) is 0 Å². The third-order valence-electron chi connectivity index (χ3n) is 3.30. The van der Waals surface area contributed by atoms with E-state index in [0.29, 0.717) is 6.42 Å². The Balaban J connectivity index is 3.87. The van der Waals surface area contributed by atoms with Crippen molar-refractivity contribution in [2.75, 3.05) is 6.61 Å². The maximum absolute atomic E-state index is 11.5. The molecule has 2 N–H and O–H groups in total. The van der Waals surface area contributed by atoms with Crippen molar-refractivity contribution in [3.05, 3.63) is 0 Å². The van der Waals surface area contributed by atoms with E-state index in [-0.39, 0.29) is 13.0 Å². The number of ether oxygens (including phenoxy) is 1. The van der Waals surface area contributed by atoms with Crippen LogP contribution in [0.15, 0.2) is 0 Å². The van der Waals surface area contributed by atoms with Crippen molar-refractivity contribution in [1.82, 2.24) is 0 Å². The molecule has 0 aromatic heterocycles. The Morgan fingerprint density at radius 2 is 1.50 bits per heavy atom. The summed E-state index contributed by atoms with van der Waals surface area (Å²) in [6.45, 7) is 3.95. The lowest BCUT2D eigenvalue weighted by molar-refractivity contribution is -0.143. The van der Waals surface area contributed by atoms with E-state index >= 15 is 0 Å². The van der Waals surface area contributed by atoms with E-state index in [2.05, 4.69) is 6.92 Å². The Morgan fingerprint density at radius 3 is 1.95 bits per heavy atom. The zero-order valence-electron chi connectivity index (χ0n) is 12.7. The lowest BCUT2D eigenvalue weighted by Crippen LogP contribution is -2.23. The van der Waals surface area contributed by atoms with Gasteiger partial charge in [0.2, 0.25) is 0 Å². The van der Waals surface area contributed by atoms with Crippen molar-refractivity contribution < 1.29 is 23.9 Å². The van der Waals surface area contributed by atoms with Crippen LogP contribution in [0.25, 0.3) is 0 Å². The normalized spacial score (nSPS) is 13.2. The number of esters is 1. The Bertz CT molecular complexity index is 300. The highest BCUT2D eigenvalue weighted by Crippen LogP contribution is 2.44. The first kappa shape index (κ1) is 19.6. The largest absolute Gasteiger partial charge is 0.465 e. The molecule has 5 nitrogen and oxygen atoms in total. The number of hydrogen-bond acceptors (Lipinski definition) is 3. The van der Waals surface area contributed by atoms with Gasteiger partial charge in [0.1, 0.15) is 0 Å². The van der Waals surface area contributed by atoms with Gasteiger partial charge in [0.25, 0.3) is 0 Å². The Kier molecular flexibility index (Phi) is 11.1. The minimum Gasteiger partial charge on any atom is -0.465 e. The summed E-state index contributed by atoms with van der Waals surface area (Å²) in [5.41, 5.74) is -1.29. The first-order chi connectivity index (χ1) is 9.43.